The Morgan fingerprint density at radius 2 is 1.71 bits per heavy atom. The Labute approximate surface area is 180 Å². The van der Waals surface area contributed by atoms with Gasteiger partial charge in [-0.3, -0.25) is 14.2 Å². The number of carbonyl (C=O) groups excluding carboxylic acids is 1. The SMILES string of the molecule is Cc1cc(-n2c(C)nc3ccccc3c2=O)ccc1NC(=O)C(C)Oc1ccccc1. The van der Waals surface area contributed by atoms with E-state index in [2.05, 4.69) is 10.3 Å². The van der Waals surface area contributed by atoms with E-state index in [4.69, 9.17) is 4.74 Å². The summed E-state index contributed by atoms with van der Waals surface area (Å²) in [6.07, 6.45) is -0.656. The molecule has 0 spiro atoms. The summed E-state index contributed by atoms with van der Waals surface area (Å²) >= 11 is 0. The molecule has 4 aromatic rings. The first-order valence-corrected chi connectivity index (χ1v) is 10.1. The summed E-state index contributed by atoms with van der Waals surface area (Å²) in [5.41, 5.74) is 2.75. The Bertz CT molecular complexity index is 1310. The third-order valence-electron chi connectivity index (χ3n) is 5.09. The predicted molar refractivity (Wildman–Crippen MR) is 122 cm³/mol. The highest BCUT2D eigenvalue weighted by atomic mass is 16.5. The van der Waals surface area contributed by atoms with Crippen LogP contribution in [0.3, 0.4) is 0 Å². The van der Waals surface area contributed by atoms with Gasteiger partial charge >= 0.3 is 0 Å². The average molecular weight is 413 g/mol. The highest BCUT2D eigenvalue weighted by Crippen LogP contribution is 2.21. The van der Waals surface area contributed by atoms with Crippen molar-refractivity contribution in [2.45, 2.75) is 26.9 Å². The fraction of sp³-hybridized carbons (Fsp3) is 0.160. The number of nitrogens with one attached hydrogen (secondary N) is 1. The maximum atomic E-state index is 13.0. The number of amides is 1. The van der Waals surface area contributed by atoms with E-state index in [1.165, 1.54) is 0 Å². The number of aromatic nitrogens is 2. The first kappa shape index (κ1) is 20.3. The van der Waals surface area contributed by atoms with Crippen LogP contribution in [-0.2, 0) is 4.79 Å². The van der Waals surface area contributed by atoms with Crippen molar-refractivity contribution in [3.63, 3.8) is 0 Å². The van der Waals surface area contributed by atoms with Crippen molar-refractivity contribution < 1.29 is 9.53 Å². The second-order valence-electron chi connectivity index (χ2n) is 7.38. The van der Waals surface area contributed by atoms with E-state index < -0.39 is 6.10 Å². The summed E-state index contributed by atoms with van der Waals surface area (Å²) in [7, 11) is 0. The number of fused-ring (bicyclic) bond motifs is 1. The molecular weight excluding hydrogens is 390 g/mol. The molecule has 6 heteroatoms. The van der Waals surface area contributed by atoms with Crippen molar-refractivity contribution in [1.82, 2.24) is 9.55 Å². The van der Waals surface area contributed by atoms with Crippen molar-refractivity contribution in [2.75, 3.05) is 5.32 Å². The summed E-state index contributed by atoms with van der Waals surface area (Å²) in [5.74, 6) is 0.987. The fourth-order valence-corrected chi connectivity index (χ4v) is 3.47. The van der Waals surface area contributed by atoms with Gasteiger partial charge in [-0.25, -0.2) is 4.98 Å². The van der Waals surface area contributed by atoms with Gasteiger partial charge in [-0.15, -0.1) is 0 Å². The average Bonchev–Trinajstić information content (AvgIpc) is 2.76. The lowest BCUT2D eigenvalue weighted by Gasteiger charge is -2.17. The van der Waals surface area contributed by atoms with E-state index in [-0.39, 0.29) is 11.5 Å². The first-order valence-electron chi connectivity index (χ1n) is 10.1. The zero-order chi connectivity index (χ0) is 22.0. The largest absolute Gasteiger partial charge is 0.481 e. The molecule has 1 unspecified atom stereocenters. The van der Waals surface area contributed by atoms with E-state index in [9.17, 15) is 9.59 Å². The lowest BCUT2D eigenvalue weighted by atomic mass is 10.1. The number of benzene rings is 3. The number of hydrogen-bond donors (Lipinski definition) is 1. The molecule has 1 atom stereocenters. The second-order valence-corrected chi connectivity index (χ2v) is 7.38. The van der Waals surface area contributed by atoms with E-state index in [1.54, 1.807) is 29.7 Å². The van der Waals surface area contributed by atoms with Crippen LogP contribution in [0.25, 0.3) is 16.6 Å². The fourth-order valence-electron chi connectivity index (χ4n) is 3.47. The zero-order valence-electron chi connectivity index (χ0n) is 17.6. The van der Waals surface area contributed by atoms with Crippen LogP contribution >= 0.6 is 0 Å². The minimum Gasteiger partial charge on any atom is -0.481 e. The van der Waals surface area contributed by atoms with Crippen molar-refractivity contribution in [2.24, 2.45) is 0 Å². The molecule has 31 heavy (non-hydrogen) atoms. The summed E-state index contributed by atoms with van der Waals surface area (Å²) in [6.45, 7) is 5.40. The van der Waals surface area contributed by atoms with Crippen LogP contribution < -0.4 is 15.6 Å². The monoisotopic (exact) mass is 413 g/mol. The third-order valence-corrected chi connectivity index (χ3v) is 5.09. The van der Waals surface area contributed by atoms with Gasteiger partial charge in [-0.1, -0.05) is 30.3 Å². The Hall–Kier alpha value is -3.93. The number of para-hydroxylation sites is 2. The molecule has 156 valence electrons. The molecule has 0 radical (unpaired) electrons. The van der Waals surface area contributed by atoms with Crippen LogP contribution in [0.1, 0.15) is 18.3 Å². The molecule has 0 aliphatic rings. The zero-order valence-corrected chi connectivity index (χ0v) is 17.6. The van der Waals surface area contributed by atoms with Gasteiger partial charge in [0.05, 0.1) is 16.6 Å². The van der Waals surface area contributed by atoms with Crippen molar-refractivity contribution in [3.05, 3.63) is 94.5 Å². The molecule has 1 heterocycles. The number of aryl methyl sites for hydroxylation is 2. The predicted octanol–water partition coefficient (Wildman–Crippen LogP) is 4.41. The smallest absolute Gasteiger partial charge is 0.265 e. The van der Waals surface area contributed by atoms with Gasteiger partial charge in [-0.2, -0.15) is 0 Å². The van der Waals surface area contributed by atoms with Gasteiger partial charge in [0.25, 0.3) is 11.5 Å². The second kappa shape index (κ2) is 8.44. The van der Waals surface area contributed by atoms with Crippen molar-refractivity contribution in [1.29, 1.82) is 0 Å². The molecular formula is C25H23N3O3. The molecule has 3 aromatic carbocycles. The molecule has 1 N–H and O–H groups in total. The van der Waals surface area contributed by atoms with Gasteiger partial charge in [0.1, 0.15) is 11.6 Å². The lowest BCUT2D eigenvalue weighted by molar-refractivity contribution is -0.122. The Balaban J connectivity index is 1.58. The van der Waals surface area contributed by atoms with Crippen LogP contribution in [0.2, 0.25) is 0 Å². The Morgan fingerprint density at radius 1 is 1.00 bits per heavy atom. The van der Waals surface area contributed by atoms with Crippen LogP contribution in [-0.4, -0.2) is 21.6 Å². The van der Waals surface area contributed by atoms with Gasteiger partial charge in [0.15, 0.2) is 6.10 Å². The van der Waals surface area contributed by atoms with Gasteiger partial charge < -0.3 is 10.1 Å². The third kappa shape index (κ3) is 4.19. The van der Waals surface area contributed by atoms with Crippen LogP contribution in [0, 0.1) is 13.8 Å². The highest BCUT2D eigenvalue weighted by molar-refractivity contribution is 5.94. The summed E-state index contributed by atoms with van der Waals surface area (Å²) < 4.78 is 7.27. The molecule has 0 fully saturated rings. The summed E-state index contributed by atoms with van der Waals surface area (Å²) in [6, 6.07) is 22.0. The molecule has 0 aliphatic carbocycles. The van der Waals surface area contributed by atoms with Gasteiger partial charge in [0, 0.05) is 5.69 Å². The van der Waals surface area contributed by atoms with Crippen LogP contribution in [0.5, 0.6) is 5.75 Å². The van der Waals surface area contributed by atoms with Crippen molar-refractivity contribution in [3.8, 4) is 11.4 Å². The number of anilines is 1. The molecule has 1 aromatic heterocycles. The van der Waals surface area contributed by atoms with E-state index in [0.29, 0.717) is 33.9 Å². The quantitative estimate of drug-likeness (QED) is 0.526. The summed E-state index contributed by atoms with van der Waals surface area (Å²) in [4.78, 5) is 30.2. The van der Waals surface area contributed by atoms with Gasteiger partial charge in [-0.05, 0) is 68.8 Å². The molecule has 0 saturated carbocycles. The molecule has 4 rings (SSSR count). The normalized spacial score (nSPS) is 11.8. The summed E-state index contributed by atoms with van der Waals surface area (Å²) in [5, 5.41) is 3.47. The van der Waals surface area contributed by atoms with Crippen LogP contribution in [0.4, 0.5) is 5.69 Å². The van der Waals surface area contributed by atoms with Gasteiger partial charge in [0.2, 0.25) is 0 Å². The van der Waals surface area contributed by atoms with Crippen molar-refractivity contribution >= 4 is 22.5 Å². The molecule has 0 bridgehead atoms. The number of ether oxygens (including phenoxy) is 1. The minimum absolute atomic E-state index is 0.121. The highest BCUT2D eigenvalue weighted by Gasteiger charge is 2.16. The molecule has 6 nitrogen and oxygen atoms in total. The molecule has 1 amide bonds. The number of carbonyl (C=O) groups is 1. The standard InChI is InChI=1S/C25H23N3O3/c1-16-15-19(28-18(3)26-23-12-8-7-11-21(23)25(28)30)13-14-22(16)27-24(29)17(2)31-20-9-5-4-6-10-20/h4-15,17H,1-3H3,(H,27,29). The maximum absolute atomic E-state index is 13.0. The topological polar surface area (TPSA) is 73.2 Å². The lowest BCUT2D eigenvalue weighted by Crippen LogP contribution is -2.30. The van der Waals surface area contributed by atoms with E-state index in [0.717, 1.165) is 5.56 Å². The minimum atomic E-state index is -0.656. The first-order chi connectivity index (χ1) is 14.9. The Morgan fingerprint density at radius 3 is 2.45 bits per heavy atom. The number of rotatable bonds is 5. The maximum Gasteiger partial charge on any atom is 0.265 e. The molecule has 0 aliphatic heterocycles. The number of nitrogens with zero attached hydrogens (tertiary/aromatic N) is 2. The number of hydrogen-bond acceptors (Lipinski definition) is 4. The Kier molecular flexibility index (Phi) is 5.54. The van der Waals surface area contributed by atoms with E-state index in [1.807, 2.05) is 68.4 Å². The molecule has 0 saturated heterocycles. The van der Waals surface area contributed by atoms with E-state index >= 15 is 0 Å². The van der Waals surface area contributed by atoms with Crippen LogP contribution in [0.15, 0.2) is 77.6 Å².